The van der Waals surface area contributed by atoms with Crippen molar-refractivity contribution in [2.75, 3.05) is 13.2 Å². The highest BCUT2D eigenvalue weighted by molar-refractivity contribution is 5.05. The van der Waals surface area contributed by atoms with E-state index in [1.165, 1.54) is 0 Å². The summed E-state index contributed by atoms with van der Waals surface area (Å²) in [5, 5.41) is 0. The predicted octanol–water partition coefficient (Wildman–Crippen LogP) is 3.85. The Morgan fingerprint density at radius 2 is 1.56 bits per heavy atom. The highest BCUT2D eigenvalue weighted by atomic mass is 16.7. The van der Waals surface area contributed by atoms with Gasteiger partial charge in [0.1, 0.15) is 0 Å². The van der Waals surface area contributed by atoms with Gasteiger partial charge >= 0.3 is 0 Å². The molecule has 1 rings (SSSR count). The average molecular weight is 224 g/mol. The van der Waals surface area contributed by atoms with E-state index in [1.807, 2.05) is 12.2 Å². The van der Waals surface area contributed by atoms with Gasteiger partial charge in [-0.3, -0.25) is 0 Å². The quantitative estimate of drug-likeness (QED) is 0.660. The lowest BCUT2D eigenvalue weighted by molar-refractivity contribution is -0.163. The lowest BCUT2D eigenvalue weighted by Crippen LogP contribution is -2.28. The largest absolute Gasteiger partial charge is 0.348 e. The first-order chi connectivity index (χ1) is 7.74. The molecule has 0 aromatic carbocycles. The van der Waals surface area contributed by atoms with Gasteiger partial charge in [0.25, 0.3) is 0 Å². The topological polar surface area (TPSA) is 18.5 Å². The monoisotopic (exact) mass is 224 g/mol. The highest BCUT2D eigenvalue weighted by Crippen LogP contribution is 2.27. The van der Waals surface area contributed by atoms with Crippen LogP contribution in [0.1, 0.15) is 33.1 Å². The van der Waals surface area contributed by atoms with Crippen LogP contribution in [0.3, 0.4) is 0 Å². The van der Waals surface area contributed by atoms with Gasteiger partial charge in [-0.25, -0.2) is 0 Å². The van der Waals surface area contributed by atoms with Crippen LogP contribution in [0.25, 0.3) is 0 Å². The van der Waals surface area contributed by atoms with Crippen LogP contribution < -0.4 is 0 Å². The van der Waals surface area contributed by atoms with Crippen molar-refractivity contribution in [3.63, 3.8) is 0 Å². The van der Waals surface area contributed by atoms with Crippen LogP contribution in [0.5, 0.6) is 0 Å². The lowest BCUT2D eigenvalue weighted by Gasteiger charge is -2.24. The van der Waals surface area contributed by atoms with Gasteiger partial charge in [0.15, 0.2) is 5.79 Å². The molecule has 0 atom stereocenters. The smallest absolute Gasteiger partial charge is 0.168 e. The molecule has 92 valence electrons. The number of ether oxygens (including phenoxy) is 2. The Morgan fingerprint density at radius 3 is 1.88 bits per heavy atom. The van der Waals surface area contributed by atoms with Crippen molar-refractivity contribution in [2.45, 2.75) is 38.9 Å². The highest BCUT2D eigenvalue weighted by Gasteiger charge is 2.32. The Bertz CT molecular complexity index is 203. The third-order valence-corrected chi connectivity index (χ3v) is 2.37. The molecule has 1 heterocycles. The second kappa shape index (κ2) is 9.37. The van der Waals surface area contributed by atoms with Gasteiger partial charge in [0, 0.05) is 6.42 Å². The van der Waals surface area contributed by atoms with E-state index < -0.39 is 0 Å². The van der Waals surface area contributed by atoms with Crippen LogP contribution in [-0.2, 0) is 9.47 Å². The molecule has 2 nitrogen and oxygen atoms in total. The van der Waals surface area contributed by atoms with Crippen molar-refractivity contribution in [1.29, 1.82) is 0 Å². The molecular formula is C14H24O2. The molecule has 0 radical (unpaired) electrons. The van der Waals surface area contributed by atoms with Crippen molar-refractivity contribution in [2.24, 2.45) is 0 Å². The summed E-state index contributed by atoms with van der Waals surface area (Å²) in [4.78, 5) is 0. The maximum Gasteiger partial charge on any atom is 0.168 e. The first-order valence-electron chi connectivity index (χ1n) is 5.92. The summed E-state index contributed by atoms with van der Waals surface area (Å²) in [6.45, 7) is 12.7. The van der Waals surface area contributed by atoms with E-state index >= 15 is 0 Å². The summed E-state index contributed by atoms with van der Waals surface area (Å²) >= 11 is 0. The van der Waals surface area contributed by atoms with Crippen LogP contribution in [-0.4, -0.2) is 19.0 Å². The molecule has 0 unspecified atom stereocenters. The fourth-order valence-electron chi connectivity index (χ4n) is 1.56. The molecule has 0 N–H and O–H groups in total. The van der Waals surface area contributed by atoms with Crippen LogP contribution >= 0.6 is 0 Å². The summed E-state index contributed by atoms with van der Waals surface area (Å²) in [6.07, 6.45) is 10.2. The number of hydrogen-bond acceptors (Lipinski definition) is 2. The first kappa shape index (κ1) is 15.1. The number of rotatable bonds is 5. The van der Waals surface area contributed by atoms with E-state index in [2.05, 4.69) is 27.0 Å². The summed E-state index contributed by atoms with van der Waals surface area (Å²) in [5.41, 5.74) is 0. The normalized spacial score (nSPS) is 17.9. The molecule has 2 heteroatoms. The SMILES string of the molecule is C=C/C=C/C=C.CCCC1(CC)OCCO1. The Balaban J connectivity index is 0.000000325. The van der Waals surface area contributed by atoms with E-state index in [0.717, 1.165) is 32.5 Å². The molecule has 16 heavy (non-hydrogen) atoms. The second-order valence-corrected chi connectivity index (χ2v) is 3.57. The first-order valence-corrected chi connectivity index (χ1v) is 5.92. The molecule has 0 aliphatic carbocycles. The Morgan fingerprint density at radius 1 is 1.06 bits per heavy atom. The molecule has 0 bridgehead atoms. The summed E-state index contributed by atoms with van der Waals surface area (Å²) in [6, 6.07) is 0. The molecule has 0 amide bonds. The van der Waals surface area contributed by atoms with Gasteiger partial charge in [-0.15, -0.1) is 0 Å². The minimum Gasteiger partial charge on any atom is -0.348 e. The van der Waals surface area contributed by atoms with E-state index in [-0.39, 0.29) is 5.79 Å². The maximum atomic E-state index is 5.51. The lowest BCUT2D eigenvalue weighted by atomic mass is 10.1. The van der Waals surface area contributed by atoms with E-state index in [1.54, 1.807) is 12.2 Å². The molecule has 0 saturated carbocycles. The van der Waals surface area contributed by atoms with Gasteiger partial charge in [-0.05, 0) is 6.42 Å². The Kier molecular flexibility index (Phi) is 8.87. The fourth-order valence-corrected chi connectivity index (χ4v) is 1.56. The van der Waals surface area contributed by atoms with Gasteiger partial charge < -0.3 is 9.47 Å². The average Bonchev–Trinajstić information content (AvgIpc) is 2.77. The Labute approximate surface area is 99.6 Å². The van der Waals surface area contributed by atoms with Crippen LogP contribution in [0.2, 0.25) is 0 Å². The molecular weight excluding hydrogens is 200 g/mol. The van der Waals surface area contributed by atoms with Gasteiger partial charge in [0.2, 0.25) is 0 Å². The van der Waals surface area contributed by atoms with Crippen LogP contribution in [0.4, 0.5) is 0 Å². The fraction of sp³-hybridized carbons (Fsp3) is 0.571. The van der Waals surface area contributed by atoms with Crippen molar-refractivity contribution in [3.8, 4) is 0 Å². The molecule has 0 spiro atoms. The standard InChI is InChI=1S/C8H16O2.C6H8/c1-3-5-8(4-2)9-6-7-10-8;1-3-5-6-4-2/h3-7H2,1-2H3;3-6H,1-2H2/b;6-5+. The molecule has 1 aliphatic rings. The minimum atomic E-state index is -0.214. The van der Waals surface area contributed by atoms with Crippen molar-refractivity contribution in [3.05, 3.63) is 37.5 Å². The van der Waals surface area contributed by atoms with Gasteiger partial charge in [-0.1, -0.05) is 57.7 Å². The van der Waals surface area contributed by atoms with Crippen molar-refractivity contribution < 1.29 is 9.47 Å². The van der Waals surface area contributed by atoms with E-state index in [9.17, 15) is 0 Å². The second-order valence-electron chi connectivity index (χ2n) is 3.57. The number of hydrogen-bond donors (Lipinski definition) is 0. The maximum absolute atomic E-state index is 5.51. The van der Waals surface area contributed by atoms with E-state index in [4.69, 9.17) is 9.47 Å². The van der Waals surface area contributed by atoms with Crippen molar-refractivity contribution >= 4 is 0 Å². The molecule has 1 saturated heterocycles. The Hall–Kier alpha value is -0.860. The van der Waals surface area contributed by atoms with Crippen LogP contribution in [0.15, 0.2) is 37.5 Å². The summed E-state index contributed by atoms with van der Waals surface area (Å²) in [5.74, 6) is -0.214. The summed E-state index contributed by atoms with van der Waals surface area (Å²) in [7, 11) is 0. The molecule has 0 aromatic heterocycles. The third kappa shape index (κ3) is 5.89. The van der Waals surface area contributed by atoms with Gasteiger partial charge in [0.05, 0.1) is 13.2 Å². The van der Waals surface area contributed by atoms with Crippen LogP contribution in [0, 0.1) is 0 Å². The summed E-state index contributed by atoms with van der Waals surface area (Å²) < 4.78 is 11.0. The van der Waals surface area contributed by atoms with Gasteiger partial charge in [-0.2, -0.15) is 0 Å². The third-order valence-electron chi connectivity index (χ3n) is 2.37. The van der Waals surface area contributed by atoms with E-state index in [0.29, 0.717) is 0 Å². The zero-order valence-electron chi connectivity index (χ0n) is 10.6. The zero-order chi connectivity index (χ0) is 12.3. The zero-order valence-corrected chi connectivity index (χ0v) is 10.6. The number of allylic oxidation sites excluding steroid dienone is 4. The molecule has 1 fully saturated rings. The minimum absolute atomic E-state index is 0.214. The molecule has 1 aliphatic heterocycles. The molecule has 0 aromatic rings. The predicted molar refractivity (Wildman–Crippen MR) is 69.4 cm³/mol. The van der Waals surface area contributed by atoms with Crippen molar-refractivity contribution in [1.82, 2.24) is 0 Å².